The number of hydrogen-bond acceptors (Lipinski definition) is 8. The number of aliphatic hydroxyl groups is 1. The van der Waals surface area contributed by atoms with Crippen molar-refractivity contribution in [1.82, 2.24) is 0 Å². The highest BCUT2D eigenvalue weighted by Gasteiger charge is 2.55. The molecule has 1 aliphatic rings. The van der Waals surface area contributed by atoms with Gasteiger partial charge in [-0.2, -0.15) is 21.6 Å². The normalized spacial score (nSPS) is 25.7. The molecule has 8 nitrogen and oxygen atoms in total. The molecule has 1 aliphatic heterocycles. The minimum absolute atomic E-state index is 0.0255. The van der Waals surface area contributed by atoms with Gasteiger partial charge in [0.2, 0.25) is 0 Å². The Labute approximate surface area is 238 Å². The van der Waals surface area contributed by atoms with Crippen LogP contribution in [0.5, 0.6) is 0 Å². The summed E-state index contributed by atoms with van der Waals surface area (Å²) in [5.41, 5.74) is -4.85. The summed E-state index contributed by atoms with van der Waals surface area (Å²) in [5, 5.41) is 10.6. The lowest BCUT2D eigenvalue weighted by Crippen LogP contribution is -2.66. The molecule has 0 radical (unpaired) electrons. The molecule has 0 bridgehead atoms. The summed E-state index contributed by atoms with van der Waals surface area (Å²) in [6, 6.07) is 9.07. The Morgan fingerprint density at radius 1 is 0.850 bits per heavy atom. The monoisotopic (exact) mass is 630 g/mol. The molecule has 1 aromatic carbocycles. The van der Waals surface area contributed by atoms with Crippen LogP contribution in [0.1, 0.15) is 47.1 Å². The topological polar surface area (TPSA) is 101 Å². The van der Waals surface area contributed by atoms with Crippen LogP contribution in [0.3, 0.4) is 0 Å². The Morgan fingerprint density at radius 2 is 1.32 bits per heavy atom. The number of hydrogen-bond donors (Lipinski definition) is 1. The van der Waals surface area contributed by atoms with E-state index in [4.69, 9.17) is 18.3 Å². The first-order chi connectivity index (χ1) is 17.9. The van der Waals surface area contributed by atoms with Crippen LogP contribution in [-0.4, -0.2) is 73.0 Å². The Balaban J connectivity index is 2.57. The maximum absolute atomic E-state index is 13.1. The molecular formula is C26H45F3O8SSi2. The van der Waals surface area contributed by atoms with Gasteiger partial charge in [-0.1, -0.05) is 71.9 Å². The zero-order valence-corrected chi connectivity index (χ0v) is 27.9. The van der Waals surface area contributed by atoms with Gasteiger partial charge in [0.15, 0.2) is 22.9 Å². The Kier molecular flexibility index (Phi) is 11.0. The number of alkyl halides is 3. The minimum atomic E-state index is -5.92. The van der Waals surface area contributed by atoms with Gasteiger partial charge in [-0.25, -0.2) is 0 Å². The highest BCUT2D eigenvalue weighted by molar-refractivity contribution is 7.87. The van der Waals surface area contributed by atoms with E-state index in [0.29, 0.717) is 0 Å². The molecular weight excluding hydrogens is 586 g/mol. The van der Waals surface area contributed by atoms with E-state index in [1.54, 1.807) is 0 Å². The van der Waals surface area contributed by atoms with Crippen LogP contribution in [0.25, 0.3) is 0 Å². The molecule has 0 aromatic heterocycles. The van der Waals surface area contributed by atoms with E-state index in [0.717, 1.165) is 5.56 Å². The number of ether oxygens (including phenoxy) is 2. The third kappa shape index (κ3) is 8.60. The first kappa shape index (κ1) is 35.4. The molecule has 1 aromatic rings. The SMILES string of the molecule is CC(C)(C)[Si](C)(C)O[C@@H]1[C@@H](O[Si](C)(C)C(C)(C)C)[C@@H](O)O[C@H](COS(=O)(=O)C(F)(F)F)[C@H]1OCc1ccccc1. The lowest BCUT2D eigenvalue weighted by Gasteiger charge is -2.51. The predicted molar refractivity (Wildman–Crippen MR) is 151 cm³/mol. The molecule has 5 atom stereocenters. The van der Waals surface area contributed by atoms with Crippen LogP contribution in [0.15, 0.2) is 30.3 Å². The smallest absolute Gasteiger partial charge is 0.408 e. The lowest BCUT2D eigenvalue weighted by molar-refractivity contribution is -0.288. The Morgan fingerprint density at radius 3 is 1.77 bits per heavy atom. The van der Waals surface area contributed by atoms with Gasteiger partial charge in [-0.15, -0.1) is 0 Å². The van der Waals surface area contributed by atoms with Crippen molar-refractivity contribution in [1.29, 1.82) is 0 Å². The standard InChI is InChI=1S/C26H45F3O8SSi2/c1-24(2,3)39(7,8)36-21-20(33-16-18-14-12-11-13-15-18)19(17-34-38(31,32)26(27,28)29)35-23(30)22(21)37-40(9,10)25(4,5)6/h11-15,19-23,30H,16-17H2,1-10H3/t19-,20-,21+,22-,23+/m1/s1. The second-order valence-corrected chi connectivity index (χ2v) is 24.3. The van der Waals surface area contributed by atoms with Gasteiger partial charge >= 0.3 is 15.6 Å². The first-order valence-corrected chi connectivity index (χ1v) is 20.4. The zero-order valence-electron chi connectivity index (χ0n) is 25.0. The molecule has 232 valence electrons. The molecule has 0 unspecified atom stereocenters. The van der Waals surface area contributed by atoms with Crippen molar-refractivity contribution in [2.75, 3.05) is 6.61 Å². The van der Waals surface area contributed by atoms with Gasteiger partial charge in [-0.05, 0) is 41.8 Å². The molecule has 14 heteroatoms. The molecule has 40 heavy (non-hydrogen) atoms. The summed E-state index contributed by atoms with van der Waals surface area (Å²) >= 11 is 0. The predicted octanol–water partition coefficient (Wildman–Crippen LogP) is 5.94. The van der Waals surface area contributed by atoms with Crippen LogP contribution in [0, 0.1) is 0 Å². The summed E-state index contributed by atoms with van der Waals surface area (Å²) in [4.78, 5) is 0. The van der Waals surface area contributed by atoms with Crippen LogP contribution in [0.4, 0.5) is 13.2 Å². The molecule has 1 fully saturated rings. The van der Waals surface area contributed by atoms with Gasteiger partial charge in [0.1, 0.15) is 24.4 Å². The quantitative estimate of drug-likeness (QED) is 0.193. The van der Waals surface area contributed by atoms with E-state index in [1.807, 2.05) is 98.1 Å². The third-order valence-corrected chi connectivity index (χ3v) is 18.0. The van der Waals surface area contributed by atoms with Crippen molar-refractivity contribution in [3.63, 3.8) is 0 Å². The molecule has 0 spiro atoms. The van der Waals surface area contributed by atoms with Crippen LogP contribution in [-0.2, 0) is 39.2 Å². The maximum atomic E-state index is 13.1. The van der Waals surface area contributed by atoms with Crippen molar-refractivity contribution < 1.29 is 49.2 Å². The Bertz CT molecular complexity index is 1070. The highest BCUT2D eigenvalue weighted by Crippen LogP contribution is 2.43. The second-order valence-electron chi connectivity index (χ2n) is 13.2. The second kappa shape index (κ2) is 12.4. The van der Waals surface area contributed by atoms with E-state index >= 15 is 0 Å². The lowest BCUT2D eigenvalue weighted by atomic mass is 9.99. The van der Waals surface area contributed by atoms with Crippen LogP contribution < -0.4 is 0 Å². The minimum Gasteiger partial charge on any atom is -0.408 e. The fourth-order valence-electron chi connectivity index (χ4n) is 3.51. The van der Waals surface area contributed by atoms with Gasteiger partial charge in [-0.3, -0.25) is 4.18 Å². The molecule has 1 saturated heterocycles. The summed E-state index contributed by atoms with van der Waals surface area (Å²) in [5.74, 6) is 0. The van der Waals surface area contributed by atoms with Crippen LogP contribution >= 0.6 is 0 Å². The van der Waals surface area contributed by atoms with Crippen molar-refractivity contribution in [3.05, 3.63) is 35.9 Å². The van der Waals surface area contributed by atoms with Crippen molar-refractivity contribution in [2.45, 2.75) is 121 Å². The van der Waals surface area contributed by atoms with Gasteiger partial charge in [0.05, 0.1) is 13.2 Å². The van der Waals surface area contributed by atoms with Gasteiger partial charge < -0.3 is 23.4 Å². The van der Waals surface area contributed by atoms with Gasteiger partial charge in [0.25, 0.3) is 0 Å². The zero-order chi connectivity index (χ0) is 30.9. The largest absolute Gasteiger partial charge is 0.523 e. The van der Waals surface area contributed by atoms with E-state index in [9.17, 15) is 26.7 Å². The molecule has 0 saturated carbocycles. The molecule has 1 heterocycles. The van der Waals surface area contributed by atoms with E-state index in [2.05, 4.69) is 4.18 Å². The van der Waals surface area contributed by atoms with Crippen molar-refractivity contribution >= 4 is 26.8 Å². The maximum Gasteiger partial charge on any atom is 0.523 e. The summed E-state index contributed by atoms with van der Waals surface area (Å²) in [7, 11) is -11.1. The molecule has 2 rings (SSSR count). The fraction of sp³-hybridized carbons (Fsp3) is 0.769. The number of aliphatic hydroxyl groups excluding tert-OH is 1. The molecule has 0 amide bonds. The van der Waals surface area contributed by atoms with Crippen LogP contribution in [0.2, 0.25) is 36.3 Å². The van der Waals surface area contributed by atoms with Gasteiger partial charge in [0, 0.05) is 0 Å². The number of benzene rings is 1. The summed E-state index contributed by atoms with van der Waals surface area (Å²) in [6.45, 7) is 19.1. The first-order valence-electron chi connectivity index (χ1n) is 13.2. The van der Waals surface area contributed by atoms with E-state index < -0.39 is 69.6 Å². The van der Waals surface area contributed by atoms with Crippen molar-refractivity contribution in [2.24, 2.45) is 0 Å². The van der Waals surface area contributed by atoms with E-state index in [1.165, 1.54) is 0 Å². The van der Waals surface area contributed by atoms with Crippen molar-refractivity contribution in [3.8, 4) is 0 Å². The Hall–Kier alpha value is -0.846. The molecule has 1 N–H and O–H groups in total. The number of halogens is 3. The van der Waals surface area contributed by atoms with E-state index in [-0.39, 0.29) is 16.7 Å². The number of rotatable bonds is 10. The fourth-order valence-corrected chi connectivity index (χ4v) is 6.55. The highest BCUT2D eigenvalue weighted by atomic mass is 32.2. The third-order valence-electron chi connectivity index (χ3n) is 8.04. The summed E-state index contributed by atoms with van der Waals surface area (Å²) in [6.07, 6.45) is -6.22. The average molecular weight is 631 g/mol. The molecule has 0 aliphatic carbocycles. The average Bonchev–Trinajstić information content (AvgIpc) is 2.77. The summed E-state index contributed by atoms with van der Waals surface area (Å²) < 4.78 is 92.2.